The van der Waals surface area contributed by atoms with Gasteiger partial charge in [-0.25, -0.2) is 0 Å². The van der Waals surface area contributed by atoms with Gasteiger partial charge in [-0.2, -0.15) is 0 Å². The average molecular weight is 229 g/mol. The molecule has 0 aromatic rings. The van der Waals surface area contributed by atoms with Crippen LogP contribution in [0.4, 0.5) is 0 Å². The first-order valence-corrected chi connectivity index (χ1v) is 6.56. The molecule has 0 aromatic carbocycles. The van der Waals surface area contributed by atoms with E-state index in [1.165, 1.54) is 19.3 Å². The molecule has 96 valence electrons. The molecule has 0 saturated carbocycles. The van der Waals surface area contributed by atoms with Gasteiger partial charge < -0.3 is 15.2 Å². The quantitative estimate of drug-likeness (QED) is 0.731. The molecular weight excluding hydrogens is 202 g/mol. The fourth-order valence-corrected chi connectivity index (χ4v) is 2.40. The first kappa shape index (κ1) is 13.9. The second-order valence-corrected chi connectivity index (χ2v) is 5.41. The van der Waals surface area contributed by atoms with Crippen molar-refractivity contribution in [2.24, 2.45) is 5.92 Å². The Morgan fingerprint density at radius 1 is 1.44 bits per heavy atom. The first-order valence-electron chi connectivity index (χ1n) is 6.56. The van der Waals surface area contributed by atoms with Crippen LogP contribution in [0.5, 0.6) is 0 Å². The number of hydrogen-bond donors (Lipinski definition) is 2. The maximum atomic E-state index is 9.36. The molecule has 1 rings (SSSR count). The summed E-state index contributed by atoms with van der Waals surface area (Å²) in [5.74, 6) is 0.788. The zero-order valence-electron chi connectivity index (χ0n) is 11.0. The molecule has 1 fully saturated rings. The largest absolute Gasteiger partial charge is 0.394 e. The van der Waals surface area contributed by atoms with Crippen molar-refractivity contribution in [3.05, 3.63) is 0 Å². The monoisotopic (exact) mass is 229 g/mol. The highest BCUT2D eigenvalue weighted by Crippen LogP contribution is 2.21. The molecule has 1 aliphatic rings. The summed E-state index contributed by atoms with van der Waals surface area (Å²) in [6.45, 7) is 8.48. The highest BCUT2D eigenvalue weighted by Gasteiger charge is 2.24. The van der Waals surface area contributed by atoms with Crippen LogP contribution in [0.3, 0.4) is 0 Å². The van der Waals surface area contributed by atoms with Gasteiger partial charge in [0.1, 0.15) is 0 Å². The van der Waals surface area contributed by atoms with Crippen LogP contribution >= 0.6 is 0 Å². The lowest BCUT2D eigenvalue weighted by molar-refractivity contribution is 0.0583. The van der Waals surface area contributed by atoms with Crippen molar-refractivity contribution >= 4 is 0 Å². The minimum Gasteiger partial charge on any atom is -0.394 e. The highest BCUT2D eigenvalue weighted by atomic mass is 16.5. The van der Waals surface area contributed by atoms with Gasteiger partial charge in [0, 0.05) is 24.8 Å². The van der Waals surface area contributed by atoms with E-state index >= 15 is 0 Å². The molecule has 0 spiro atoms. The summed E-state index contributed by atoms with van der Waals surface area (Å²) in [4.78, 5) is 0. The maximum Gasteiger partial charge on any atom is 0.0610 e. The van der Waals surface area contributed by atoms with Gasteiger partial charge in [-0.05, 0) is 45.4 Å². The Bertz CT molecular complexity index is 186. The molecule has 2 N–H and O–H groups in total. The Morgan fingerprint density at radius 3 is 2.56 bits per heavy atom. The van der Waals surface area contributed by atoms with Gasteiger partial charge in [-0.3, -0.25) is 0 Å². The van der Waals surface area contributed by atoms with Crippen LogP contribution in [-0.4, -0.2) is 36.5 Å². The summed E-state index contributed by atoms with van der Waals surface area (Å²) in [5, 5.41) is 12.9. The van der Waals surface area contributed by atoms with Gasteiger partial charge in [0.15, 0.2) is 0 Å². The van der Waals surface area contributed by atoms with Gasteiger partial charge in [0.25, 0.3) is 0 Å². The molecule has 0 bridgehead atoms. The topological polar surface area (TPSA) is 41.5 Å². The second kappa shape index (κ2) is 6.58. The van der Waals surface area contributed by atoms with Crippen molar-refractivity contribution < 1.29 is 9.84 Å². The van der Waals surface area contributed by atoms with E-state index in [9.17, 15) is 5.11 Å². The molecule has 1 saturated heterocycles. The zero-order chi connectivity index (χ0) is 12.0. The van der Waals surface area contributed by atoms with E-state index in [1.807, 2.05) is 0 Å². The number of rotatable bonds is 6. The van der Waals surface area contributed by atoms with Crippen LogP contribution in [0.2, 0.25) is 0 Å². The Kier molecular flexibility index (Phi) is 5.73. The summed E-state index contributed by atoms with van der Waals surface area (Å²) >= 11 is 0. The lowest BCUT2D eigenvalue weighted by atomic mass is 9.91. The van der Waals surface area contributed by atoms with E-state index in [-0.39, 0.29) is 12.1 Å². The van der Waals surface area contributed by atoms with Gasteiger partial charge in [-0.1, -0.05) is 6.92 Å². The third-order valence-corrected chi connectivity index (χ3v) is 3.75. The van der Waals surface area contributed by atoms with Crippen LogP contribution in [0.25, 0.3) is 0 Å². The molecule has 3 nitrogen and oxygen atoms in total. The molecule has 16 heavy (non-hydrogen) atoms. The van der Waals surface area contributed by atoms with Gasteiger partial charge >= 0.3 is 0 Å². The summed E-state index contributed by atoms with van der Waals surface area (Å²) in [5.41, 5.74) is -0.120. The molecule has 0 amide bonds. The fourth-order valence-electron chi connectivity index (χ4n) is 2.40. The van der Waals surface area contributed by atoms with Crippen molar-refractivity contribution in [1.82, 2.24) is 5.32 Å². The summed E-state index contributed by atoms with van der Waals surface area (Å²) in [6, 6.07) is 0.472. The molecule has 2 atom stereocenters. The normalized spacial score (nSPS) is 24.0. The van der Waals surface area contributed by atoms with E-state index in [2.05, 4.69) is 26.1 Å². The van der Waals surface area contributed by atoms with E-state index in [4.69, 9.17) is 4.74 Å². The Balaban J connectivity index is 2.30. The number of aliphatic hydroxyl groups is 1. The van der Waals surface area contributed by atoms with Crippen molar-refractivity contribution in [3.8, 4) is 0 Å². The van der Waals surface area contributed by atoms with E-state index in [1.54, 1.807) is 0 Å². The Morgan fingerprint density at radius 2 is 2.06 bits per heavy atom. The van der Waals surface area contributed by atoms with Crippen LogP contribution in [-0.2, 0) is 4.74 Å². The Labute approximate surface area is 99.6 Å². The fraction of sp³-hybridized carbons (Fsp3) is 1.00. The lowest BCUT2D eigenvalue weighted by Crippen LogP contribution is -2.50. The number of nitrogens with one attached hydrogen (secondary N) is 1. The average Bonchev–Trinajstić information content (AvgIpc) is 2.30. The van der Waals surface area contributed by atoms with E-state index in [0.29, 0.717) is 6.04 Å². The zero-order valence-corrected chi connectivity index (χ0v) is 11.0. The predicted molar refractivity (Wildman–Crippen MR) is 66.5 cm³/mol. The molecule has 0 radical (unpaired) electrons. The minimum atomic E-state index is -0.120. The van der Waals surface area contributed by atoms with Gasteiger partial charge in [-0.15, -0.1) is 0 Å². The number of hydrogen-bond acceptors (Lipinski definition) is 3. The maximum absolute atomic E-state index is 9.36. The van der Waals surface area contributed by atoms with Crippen LogP contribution in [0.15, 0.2) is 0 Å². The SMILES string of the molecule is CCC(C)(CO)NC(C)CC1CCOCC1. The van der Waals surface area contributed by atoms with Gasteiger partial charge in [0.2, 0.25) is 0 Å². The van der Waals surface area contributed by atoms with Crippen molar-refractivity contribution in [2.45, 2.75) is 58.0 Å². The van der Waals surface area contributed by atoms with Crippen LogP contribution in [0, 0.1) is 5.92 Å². The lowest BCUT2D eigenvalue weighted by Gasteiger charge is -2.33. The standard InChI is InChI=1S/C13H27NO2/c1-4-13(3,10-15)14-11(2)9-12-5-7-16-8-6-12/h11-12,14-15H,4-10H2,1-3H3. The number of ether oxygens (including phenoxy) is 1. The van der Waals surface area contributed by atoms with Crippen LogP contribution < -0.4 is 5.32 Å². The molecular formula is C13H27NO2. The first-order chi connectivity index (χ1) is 7.59. The molecule has 1 heterocycles. The predicted octanol–water partition coefficient (Wildman–Crippen LogP) is 1.94. The number of aliphatic hydroxyl groups excluding tert-OH is 1. The molecule has 0 aromatic heterocycles. The second-order valence-electron chi connectivity index (χ2n) is 5.41. The van der Waals surface area contributed by atoms with E-state index in [0.717, 1.165) is 25.6 Å². The van der Waals surface area contributed by atoms with Crippen LogP contribution in [0.1, 0.15) is 46.5 Å². The molecule has 1 aliphatic heterocycles. The molecule has 2 unspecified atom stereocenters. The third kappa shape index (κ3) is 4.40. The van der Waals surface area contributed by atoms with Crippen molar-refractivity contribution in [1.29, 1.82) is 0 Å². The molecule has 3 heteroatoms. The van der Waals surface area contributed by atoms with Gasteiger partial charge in [0.05, 0.1) is 6.61 Å². The Hall–Kier alpha value is -0.120. The van der Waals surface area contributed by atoms with Crippen molar-refractivity contribution in [3.63, 3.8) is 0 Å². The smallest absolute Gasteiger partial charge is 0.0610 e. The summed E-state index contributed by atoms with van der Waals surface area (Å²) in [6.07, 6.45) is 4.53. The molecule has 0 aliphatic carbocycles. The van der Waals surface area contributed by atoms with E-state index < -0.39 is 0 Å². The summed E-state index contributed by atoms with van der Waals surface area (Å²) < 4.78 is 5.36. The third-order valence-electron chi connectivity index (χ3n) is 3.75. The minimum absolute atomic E-state index is 0.120. The van der Waals surface area contributed by atoms with Crippen molar-refractivity contribution in [2.75, 3.05) is 19.8 Å². The highest BCUT2D eigenvalue weighted by molar-refractivity contribution is 4.84. The summed E-state index contributed by atoms with van der Waals surface area (Å²) in [7, 11) is 0.